The van der Waals surface area contributed by atoms with Gasteiger partial charge in [-0.05, 0) is 24.0 Å². The highest BCUT2D eigenvalue weighted by Gasteiger charge is 2.40. The topological polar surface area (TPSA) is 49.4 Å². The zero-order valence-electron chi connectivity index (χ0n) is 12.6. The van der Waals surface area contributed by atoms with Crippen LogP contribution in [0.2, 0.25) is 5.02 Å². The lowest BCUT2D eigenvalue weighted by Gasteiger charge is -2.40. The lowest BCUT2D eigenvalue weighted by Crippen LogP contribution is -2.64. The number of carbonyl (C=O) groups excluding carboxylic acids is 2. The molecule has 0 bridgehead atoms. The highest BCUT2D eigenvalue weighted by Crippen LogP contribution is 2.23. The van der Waals surface area contributed by atoms with E-state index in [9.17, 15) is 9.59 Å². The van der Waals surface area contributed by atoms with Gasteiger partial charge in [0, 0.05) is 11.6 Å². The van der Waals surface area contributed by atoms with Crippen LogP contribution in [0.25, 0.3) is 0 Å². The standard InChI is InChI=1S/C16H21ClN2O2/c1-4-13-15(20)18-14(10(2)3)16(21)19(13)9-11-7-5-6-8-12(11)17/h5-8,10,13-14H,4,9H2,1-3H3,(H,18,20). The van der Waals surface area contributed by atoms with Crippen LogP contribution in [0.3, 0.4) is 0 Å². The molecule has 114 valence electrons. The highest BCUT2D eigenvalue weighted by molar-refractivity contribution is 6.31. The molecule has 0 aliphatic carbocycles. The summed E-state index contributed by atoms with van der Waals surface area (Å²) >= 11 is 6.18. The van der Waals surface area contributed by atoms with Crippen molar-refractivity contribution in [1.82, 2.24) is 10.2 Å². The van der Waals surface area contributed by atoms with E-state index in [-0.39, 0.29) is 17.7 Å². The van der Waals surface area contributed by atoms with Crippen LogP contribution in [0, 0.1) is 5.92 Å². The van der Waals surface area contributed by atoms with Crippen LogP contribution in [0.15, 0.2) is 24.3 Å². The van der Waals surface area contributed by atoms with Crippen molar-refractivity contribution in [2.45, 2.75) is 45.8 Å². The van der Waals surface area contributed by atoms with E-state index in [1.54, 1.807) is 11.0 Å². The molecule has 1 aliphatic heterocycles. The summed E-state index contributed by atoms with van der Waals surface area (Å²) in [7, 11) is 0. The molecular weight excluding hydrogens is 288 g/mol. The van der Waals surface area contributed by atoms with Crippen LogP contribution in [-0.2, 0) is 16.1 Å². The maximum Gasteiger partial charge on any atom is 0.246 e. The molecule has 21 heavy (non-hydrogen) atoms. The van der Waals surface area contributed by atoms with E-state index >= 15 is 0 Å². The first-order chi connectivity index (χ1) is 9.95. The van der Waals surface area contributed by atoms with Gasteiger partial charge in [0.05, 0.1) is 0 Å². The summed E-state index contributed by atoms with van der Waals surface area (Å²) in [5.41, 5.74) is 0.864. The number of halogens is 1. The Balaban J connectivity index is 2.30. The Morgan fingerprint density at radius 3 is 2.52 bits per heavy atom. The van der Waals surface area contributed by atoms with Crippen LogP contribution >= 0.6 is 11.6 Å². The van der Waals surface area contributed by atoms with Crippen LogP contribution in [-0.4, -0.2) is 28.8 Å². The van der Waals surface area contributed by atoms with Crippen molar-refractivity contribution in [3.8, 4) is 0 Å². The molecule has 2 amide bonds. The van der Waals surface area contributed by atoms with Gasteiger partial charge in [-0.2, -0.15) is 0 Å². The smallest absolute Gasteiger partial charge is 0.246 e. The van der Waals surface area contributed by atoms with Crippen molar-refractivity contribution >= 4 is 23.4 Å². The minimum Gasteiger partial charge on any atom is -0.342 e. The molecule has 0 radical (unpaired) electrons. The maximum atomic E-state index is 12.7. The van der Waals surface area contributed by atoms with Crippen LogP contribution in [0.5, 0.6) is 0 Å². The number of amides is 2. The Kier molecular flexibility index (Phi) is 4.88. The lowest BCUT2D eigenvalue weighted by molar-refractivity contribution is -0.151. The summed E-state index contributed by atoms with van der Waals surface area (Å²) in [5, 5.41) is 3.45. The van der Waals surface area contributed by atoms with E-state index in [1.165, 1.54) is 0 Å². The van der Waals surface area contributed by atoms with Gasteiger partial charge in [0.1, 0.15) is 12.1 Å². The molecule has 1 fully saturated rings. The molecule has 2 unspecified atom stereocenters. The second-order valence-corrected chi connectivity index (χ2v) is 6.12. The maximum absolute atomic E-state index is 12.7. The molecule has 2 rings (SSSR count). The van der Waals surface area contributed by atoms with E-state index in [0.717, 1.165) is 5.56 Å². The van der Waals surface area contributed by atoms with Gasteiger partial charge in [-0.15, -0.1) is 0 Å². The molecule has 1 saturated heterocycles. The SMILES string of the molecule is CCC1C(=O)NC(C(C)C)C(=O)N1Cc1ccccc1Cl. The predicted molar refractivity (Wildman–Crippen MR) is 82.8 cm³/mol. The van der Waals surface area contributed by atoms with Crippen molar-refractivity contribution in [3.63, 3.8) is 0 Å². The third kappa shape index (κ3) is 3.21. The van der Waals surface area contributed by atoms with Gasteiger partial charge in [0.15, 0.2) is 0 Å². The van der Waals surface area contributed by atoms with Gasteiger partial charge in [-0.25, -0.2) is 0 Å². The van der Waals surface area contributed by atoms with Crippen LogP contribution in [0.1, 0.15) is 32.8 Å². The van der Waals surface area contributed by atoms with E-state index in [4.69, 9.17) is 11.6 Å². The number of hydrogen-bond donors (Lipinski definition) is 1. The third-order valence-corrected chi connectivity index (χ3v) is 4.25. The summed E-state index contributed by atoms with van der Waals surface area (Å²) in [6.45, 7) is 6.14. The molecule has 1 aromatic rings. The molecule has 1 N–H and O–H groups in total. The van der Waals surface area contributed by atoms with Crippen molar-refractivity contribution in [1.29, 1.82) is 0 Å². The number of benzene rings is 1. The van der Waals surface area contributed by atoms with Gasteiger partial charge in [0.25, 0.3) is 0 Å². The number of carbonyl (C=O) groups is 2. The monoisotopic (exact) mass is 308 g/mol. The van der Waals surface area contributed by atoms with Gasteiger partial charge in [0.2, 0.25) is 11.8 Å². The normalized spacial score (nSPS) is 22.6. The summed E-state index contributed by atoms with van der Waals surface area (Å²) < 4.78 is 0. The fourth-order valence-electron chi connectivity index (χ4n) is 2.64. The Hall–Kier alpha value is -1.55. The number of nitrogens with one attached hydrogen (secondary N) is 1. The first-order valence-corrected chi connectivity index (χ1v) is 7.67. The summed E-state index contributed by atoms with van der Waals surface area (Å²) in [4.78, 5) is 26.6. The fraction of sp³-hybridized carbons (Fsp3) is 0.500. The Morgan fingerprint density at radius 2 is 1.95 bits per heavy atom. The van der Waals surface area contributed by atoms with Gasteiger partial charge < -0.3 is 10.2 Å². The van der Waals surface area contributed by atoms with Crippen LogP contribution in [0.4, 0.5) is 0 Å². The third-order valence-electron chi connectivity index (χ3n) is 3.88. The van der Waals surface area contributed by atoms with Crippen LogP contribution < -0.4 is 5.32 Å². The summed E-state index contributed by atoms with van der Waals surface area (Å²) in [6.07, 6.45) is 0.590. The minimum atomic E-state index is -0.456. The zero-order valence-corrected chi connectivity index (χ0v) is 13.4. The zero-order chi connectivity index (χ0) is 15.6. The Labute approximate surface area is 130 Å². The number of nitrogens with zero attached hydrogens (tertiary/aromatic N) is 1. The van der Waals surface area contributed by atoms with Gasteiger partial charge in [-0.1, -0.05) is 50.6 Å². The first kappa shape index (κ1) is 15.8. The first-order valence-electron chi connectivity index (χ1n) is 7.30. The van der Waals surface area contributed by atoms with Crippen molar-refractivity contribution in [3.05, 3.63) is 34.9 Å². The predicted octanol–water partition coefficient (Wildman–Crippen LogP) is 2.60. The average Bonchev–Trinajstić information content (AvgIpc) is 2.44. The highest BCUT2D eigenvalue weighted by atomic mass is 35.5. The second-order valence-electron chi connectivity index (χ2n) is 5.71. The molecule has 0 saturated carbocycles. The molecule has 1 aromatic carbocycles. The molecule has 1 heterocycles. The van der Waals surface area contributed by atoms with Crippen molar-refractivity contribution in [2.75, 3.05) is 0 Å². The van der Waals surface area contributed by atoms with Crippen molar-refractivity contribution in [2.24, 2.45) is 5.92 Å². The van der Waals surface area contributed by atoms with E-state index in [1.807, 2.05) is 39.0 Å². The second kappa shape index (κ2) is 6.48. The van der Waals surface area contributed by atoms with E-state index < -0.39 is 12.1 Å². The molecular formula is C16H21ClN2O2. The molecule has 0 aromatic heterocycles. The fourth-order valence-corrected chi connectivity index (χ4v) is 2.84. The molecule has 0 spiro atoms. The molecule has 2 atom stereocenters. The minimum absolute atomic E-state index is 0.0311. The van der Waals surface area contributed by atoms with Gasteiger partial charge in [-0.3, -0.25) is 9.59 Å². The number of hydrogen-bond acceptors (Lipinski definition) is 2. The average molecular weight is 309 g/mol. The quantitative estimate of drug-likeness (QED) is 0.929. The summed E-state index contributed by atoms with van der Waals surface area (Å²) in [6, 6.07) is 6.54. The number of piperazine rings is 1. The van der Waals surface area contributed by atoms with Crippen molar-refractivity contribution < 1.29 is 9.59 Å². The Morgan fingerprint density at radius 1 is 1.29 bits per heavy atom. The number of rotatable bonds is 4. The Bertz CT molecular complexity index is 545. The lowest BCUT2D eigenvalue weighted by atomic mass is 9.96. The van der Waals surface area contributed by atoms with Gasteiger partial charge >= 0.3 is 0 Å². The van der Waals surface area contributed by atoms with E-state index in [0.29, 0.717) is 18.0 Å². The summed E-state index contributed by atoms with van der Waals surface area (Å²) in [5.74, 6) is -0.0489. The van der Waals surface area contributed by atoms with E-state index in [2.05, 4.69) is 5.32 Å². The molecule has 5 heteroatoms. The molecule has 4 nitrogen and oxygen atoms in total. The largest absolute Gasteiger partial charge is 0.342 e. The molecule has 1 aliphatic rings.